The van der Waals surface area contributed by atoms with E-state index >= 15 is 0 Å². The van der Waals surface area contributed by atoms with Crippen molar-refractivity contribution in [3.8, 4) is 5.75 Å². The Labute approximate surface area is 98.3 Å². The molecular formula is C14H22O2. The summed E-state index contributed by atoms with van der Waals surface area (Å²) in [4.78, 5) is 0. The van der Waals surface area contributed by atoms with Gasteiger partial charge in [0.2, 0.25) is 0 Å². The molecule has 0 saturated heterocycles. The highest BCUT2D eigenvalue weighted by molar-refractivity contribution is 5.35. The Bertz CT molecular complexity index is 331. The molecule has 0 saturated carbocycles. The first kappa shape index (κ1) is 13.0. The van der Waals surface area contributed by atoms with Crippen LogP contribution >= 0.6 is 0 Å². The molecule has 1 unspecified atom stereocenters. The fraction of sp³-hybridized carbons (Fsp3) is 0.571. The van der Waals surface area contributed by atoms with Crippen molar-refractivity contribution in [1.82, 2.24) is 0 Å². The van der Waals surface area contributed by atoms with Crippen molar-refractivity contribution in [2.45, 2.75) is 40.2 Å². The molecule has 0 bridgehead atoms. The molecule has 0 radical (unpaired) electrons. The van der Waals surface area contributed by atoms with Crippen LogP contribution in [0.3, 0.4) is 0 Å². The van der Waals surface area contributed by atoms with E-state index in [0.29, 0.717) is 6.61 Å². The second-order valence-electron chi connectivity index (χ2n) is 4.72. The Kier molecular flexibility index (Phi) is 4.36. The molecule has 1 N–H and O–H groups in total. The van der Waals surface area contributed by atoms with E-state index in [2.05, 4.69) is 20.8 Å². The van der Waals surface area contributed by atoms with Gasteiger partial charge in [-0.2, -0.15) is 0 Å². The minimum absolute atomic E-state index is 0.132. The Hall–Kier alpha value is -1.02. The van der Waals surface area contributed by atoms with Gasteiger partial charge in [-0.15, -0.1) is 0 Å². The summed E-state index contributed by atoms with van der Waals surface area (Å²) < 4.78 is 5.54. The maximum Gasteiger partial charge on any atom is 0.125 e. The molecule has 1 rings (SSSR count). The quantitative estimate of drug-likeness (QED) is 0.825. The summed E-state index contributed by atoms with van der Waals surface area (Å²) in [7, 11) is 0. The van der Waals surface area contributed by atoms with Crippen LogP contribution in [0.5, 0.6) is 5.75 Å². The lowest BCUT2D eigenvalue weighted by atomic mass is 9.80. The third-order valence-electron chi connectivity index (χ3n) is 3.16. The Morgan fingerprint density at radius 1 is 1.25 bits per heavy atom. The first-order chi connectivity index (χ1) is 7.53. The topological polar surface area (TPSA) is 29.5 Å². The molecule has 16 heavy (non-hydrogen) atoms. The van der Waals surface area contributed by atoms with Crippen LogP contribution in [0, 0.1) is 5.41 Å². The van der Waals surface area contributed by atoms with Gasteiger partial charge in [-0.05, 0) is 24.8 Å². The lowest BCUT2D eigenvalue weighted by Crippen LogP contribution is -2.21. The van der Waals surface area contributed by atoms with Crippen molar-refractivity contribution < 1.29 is 9.84 Å². The van der Waals surface area contributed by atoms with Gasteiger partial charge in [-0.3, -0.25) is 0 Å². The Morgan fingerprint density at radius 3 is 2.44 bits per heavy atom. The maximum atomic E-state index is 10.4. The lowest BCUT2D eigenvalue weighted by Gasteiger charge is -2.30. The molecule has 2 nitrogen and oxygen atoms in total. The van der Waals surface area contributed by atoms with E-state index < -0.39 is 6.10 Å². The smallest absolute Gasteiger partial charge is 0.125 e. The van der Waals surface area contributed by atoms with Gasteiger partial charge in [0.15, 0.2) is 0 Å². The molecular weight excluding hydrogens is 200 g/mol. The molecule has 0 aromatic heterocycles. The second kappa shape index (κ2) is 5.35. The highest BCUT2D eigenvalue weighted by Crippen LogP contribution is 2.39. The van der Waals surface area contributed by atoms with Crippen LogP contribution < -0.4 is 4.74 Å². The van der Waals surface area contributed by atoms with Gasteiger partial charge in [0.05, 0.1) is 12.7 Å². The highest BCUT2D eigenvalue weighted by atomic mass is 16.5. The van der Waals surface area contributed by atoms with Crippen molar-refractivity contribution in [1.29, 1.82) is 0 Å². The van der Waals surface area contributed by atoms with Crippen molar-refractivity contribution >= 4 is 0 Å². The zero-order chi connectivity index (χ0) is 12.2. The van der Waals surface area contributed by atoms with Crippen molar-refractivity contribution in [2.75, 3.05) is 6.61 Å². The lowest BCUT2D eigenvalue weighted by molar-refractivity contribution is 0.0441. The molecule has 0 aliphatic carbocycles. The zero-order valence-corrected chi connectivity index (χ0v) is 10.7. The van der Waals surface area contributed by atoms with E-state index in [1.54, 1.807) is 0 Å². The molecule has 0 amide bonds. The summed E-state index contributed by atoms with van der Waals surface area (Å²) >= 11 is 0. The minimum Gasteiger partial charge on any atom is -0.493 e. The van der Waals surface area contributed by atoms with Crippen LogP contribution in [0.4, 0.5) is 0 Å². The van der Waals surface area contributed by atoms with Crippen LogP contribution in [0.1, 0.15) is 45.8 Å². The van der Waals surface area contributed by atoms with Crippen LogP contribution in [0.25, 0.3) is 0 Å². The van der Waals surface area contributed by atoms with Crippen LogP contribution in [0.2, 0.25) is 0 Å². The molecule has 0 heterocycles. The van der Waals surface area contributed by atoms with Crippen molar-refractivity contribution in [2.24, 2.45) is 5.41 Å². The Balaban J connectivity index is 3.02. The maximum absolute atomic E-state index is 10.4. The predicted octanol–water partition coefficient (Wildman–Crippen LogP) is 3.55. The molecule has 1 atom stereocenters. The molecule has 1 aromatic rings. The van der Waals surface area contributed by atoms with E-state index in [9.17, 15) is 5.11 Å². The molecule has 0 aliphatic heterocycles. The SMILES string of the molecule is CCOc1ccccc1C(O)C(C)(C)CC. The van der Waals surface area contributed by atoms with E-state index in [1.807, 2.05) is 31.2 Å². The molecule has 0 aliphatic rings. The van der Waals surface area contributed by atoms with Crippen molar-refractivity contribution in [3.05, 3.63) is 29.8 Å². The highest BCUT2D eigenvalue weighted by Gasteiger charge is 2.29. The van der Waals surface area contributed by atoms with Crippen LogP contribution in [0.15, 0.2) is 24.3 Å². The number of hydrogen-bond acceptors (Lipinski definition) is 2. The fourth-order valence-electron chi connectivity index (χ4n) is 1.61. The van der Waals surface area contributed by atoms with Gasteiger partial charge in [0.25, 0.3) is 0 Å². The van der Waals surface area contributed by atoms with E-state index in [-0.39, 0.29) is 5.41 Å². The van der Waals surface area contributed by atoms with Crippen LogP contribution in [-0.4, -0.2) is 11.7 Å². The summed E-state index contributed by atoms with van der Waals surface area (Å²) in [6, 6.07) is 7.72. The fourth-order valence-corrected chi connectivity index (χ4v) is 1.61. The van der Waals surface area contributed by atoms with Crippen LogP contribution in [-0.2, 0) is 0 Å². The first-order valence-electron chi connectivity index (χ1n) is 5.92. The number of aliphatic hydroxyl groups excluding tert-OH is 1. The summed E-state index contributed by atoms with van der Waals surface area (Å²) in [6.45, 7) is 8.80. The van der Waals surface area contributed by atoms with Gasteiger partial charge in [0, 0.05) is 5.56 Å². The van der Waals surface area contributed by atoms with Gasteiger partial charge in [-0.1, -0.05) is 39.0 Å². The normalized spacial score (nSPS) is 13.6. The number of hydrogen-bond donors (Lipinski definition) is 1. The van der Waals surface area contributed by atoms with E-state index in [0.717, 1.165) is 17.7 Å². The summed E-state index contributed by atoms with van der Waals surface area (Å²) in [5.74, 6) is 0.791. The molecule has 90 valence electrons. The third kappa shape index (κ3) is 2.76. The average Bonchev–Trinajstić information content (AvgIpc) is 2.29. The molecule has 2 heteroatoms. The standard InChI is InChI=1S/C14H22O2/c1-5-14(3,4)13(15)11-9-7-8-10-12(11)16-6-2/h7-10,13,15H,5-6H2,1-4H3. The summed E-state index contributed by atoms with van der Waals surface area (Å²) in [5.41, 5.74) is 0.754. The second-order valence-corrected chi connectivity index (χ2v) is 4.72. The summed E-state index contributed by atoms with van der Waals surface area (Å²) in [5, 5.41) is 10.4. The van der Waals surface area contributed by atoms with Gasteiger partial charge in [-0.25, -0.2) is 0 Å². The number of benzene rings is 1. The van der Waals surface area contributed by atoms with Crippen molar-refractivity contribution in [3.63, 3.8) is 0 Å². The average molecular weight is 222 g/mol. The first-order valence-corrected chi connectivity index (χ1v) is 5.92. The molecule has 0 spiro atoms. The molecule has 0 fully saturated rings. The number of ether oxygens (including phenoxy) is 1. The monoisotopic (exact) mass is 222 g/mol. The number of para-hydroxylation sites is 1. The van der Waals surface area contributed by atoms with Gasteiger partial charge < -0.3 is 9.84 Å². The third-order valence-corrected chi connectivity index (χ3v) is 3.16. The minimum atomic E-state index is -0.486. The van der Waals surface area contributed by atoms with Gasteiger partial charge in [0.1, 0.15) is 5.75 Å². The molecule has 1 aromatic carbocycles. The Morgan fingerprint density at radius 2 is 1.88 bits per heavy atom. The number of rotatable bonds is 5. The van der Waals surface area contributed by atoms with E-state index in [4.69, 9.17) is 4.74 Å². The van der Waals surface area contributed by atoms with E-state index in [1.165, 1.54) is 0 Å². The van der Waals surface area contributed by atoms with Gasteiger partial charge >= 0.3 is 0 Å². The predicted molar refractivity (Wildman–Crippen MR) is 66.6 cm³/mol. The largest absolute Gasteiger partial charge is 0.493 e. The zero-order valence-electron chi connectivity index (χ0n) is 10.7. The number of aliphatic hydroxyl groups is 1. The summed E-state index contributed by atoms with van der Waals surface area (Å²) in [6.07, 6.45) is 0.439.